The second-order valence-electron chi connectivity index (χ2n) is 3.96. The van der Waals surface area contributed by atoms with Crippen molar-refractivity contribution >= 4 is 11.7 Å². The Morgan fingerprint density at radius 1 is 1.67 bits per heavy atom. The molecule has 96 valence electrons. The monoisotopic (exact) mass is 247 g/mol. The first-order chi connectivity index (χ1) is 8.62. The fraction of sp³-hybridized carbons (Fsp3) is 0.462. The van der Waals surface area contributed by atoms with Gasteiger partial charge in [0.2, 0.25) is 0 Å². The Morgan fingerprint density at radius 2 is 2.39 bits per heavy atom. The summed E-state index contributed by atoms with van der Waals surface area (Å²) in [6.45, 7) is 5.25. The second kappa shape index (κ2) is 6.60. The molecule has 0 bridgehead atoms. The molecule has 0 radical (unpaired) electrons. The molecule has 1 heterocycles. The Bertz CT molecular complexity index is 454. The molecule has 18 heavy (non-hydrogen) atoms. The topological polar surface area (TPSA) is 66.2 Å². The molecule has 1 aromatic heterocycles. The van der Waals surface area contributed by atoms with Gasteiger partial charge in [-0.1, -0.05) is 0 Å². The van der Waals surface area contributed by atoms with Crippen molar-refractivity contribution in [1.82, 2.24) is 4.98 Å². The third kappa shape index (κ3) is 3.45. The van der Waals surface area contributed by atoms with E-state index < -0.39 is 5.97 Å². The van der Waals surface area contributed by atoms with Crippen LogP contribution in [0.2, 0.25) is 0 Å². The van der Waals surface area contributed by atoms with Gasteiger partial charge < -0.3 is 9.64 Å². The van der Waals surface area contributed by atoms with Gasteiger partial charge in [0.15, 0.2) is 0 Å². The molecule has 0 aliphatic carbocycles. The molecule has 0 spiro atoms. The lowest BCUT2D eigenvalue weighted by molar-refractivity contribution is 0.0594. The summed E-state index contributed by atoms with van der Waals surface area (Å²) in [4.78, 5) is 17.4. The van der Waals surface area contributed by atoms with E-state index in [1.165, 1.54) is 7.11 Å². The van der Waals surface area contributed by atoms with Gasteiger partial charge in [-0.25, -0.2) is 9.78 Å². The molecule has 1 rings (SSSR count). The van der Waals surface area contributed by atoms with E-state index in [9.17, 15) is 4.79 Å². The third-order valence-electron chi connectivity index (χ3n) is 2.60. The van der Waals surface area contributed by atoms with Crippen molar-refractivity contribution in [3.8, 4) is 6.07 Å². The number of ether oxygens (including phenoxy) is 1. The second-order valence-corrected chi connectivity index (χ2v) is 3.96. The lowest BCUT2D eigenvalue weighted by atomic mass is 10.2. The minimum Gasteiger partial charge on any atom is -0.464 e. The molecule has 5 heteroatoms. The highest BCUT2D eigenvalue weighted by molar-refractivity contribution is 5.88. The zero-order valence-corrected chi connectivity index (χ0v) is 10.9. The molecule has 0 saturated carbocycles. The average molecular weight is 247 g/mol. The maximum atomic E-state index is 11.4. The smallest absolute Gasteiger partial charge is 0.356 e. The minimum absolute atomic E-state index is 0.0697. The van der Waals surface area contributed by atoms with Crippen LogP contribution in [0.15, 0.2) is 18.3 Å². The van der Waals surface area contributed by atoms with Crippen LogP contribution < -0.4 is 4.90 Å². The summed E-state index contributed by atoms with van der Waals surface area (Å²) < 4.78 is 4.63. The first-order valence-electron chi connectivity index (χ1n) is 5.81. The summed E-state index contributed by atoms with van der Waals surface area (Å²) in [7, 11) is 1.33. The van der Waals surface area contributed by atoms with Gasteiger partial charge >= 0.3 is 5.97 Å². The van der Waals surface area contributed by atoms with Gasteiger partial charge in [-0.2, -0.15) is 5.26 Å². The predicted molar refractivity (Wildman–Crippen MR) is 68.2 cm³/mol. The average Bonchev–Trinajstić information content (AvgIpc) is 2.43. The van der Waals surface area contributed by atoms with Crippen molar-refractivity contribution in [2.45, 2.75) is 13.8 Å². The van der Waals surface area contributed by atoms with Gasteiger partial charge in [0.05, 0.1) is 19.1 Å². The van der Waals surface area contributed by atoms with Gasteiger partial charge in [-0.15, -0.1) is 0 Å². The van der Waals surface area contributed by atoms with Crippen molar-refractivity contribution in [2.24, 2.45) is 5.92 Å². The quantitative estimate of drug-likeness (QED) is 0.743. The molecule has 0 aliphatic heterocycles. The van der Waals surface area contributed by atoms with Gasteiger partial charge in [0.25, 0.3) is 0 Å². The molecule has 1 unspecified atom stereocenters. The summed E-state index contributed by atoms with van der Waals surface area (Å²) in [5.74, 6) is -0.527. The maximum Gasteiger partial charge on any atom is 0.356 e. The molecular weight excluding hydrogens is 230 g/mol. The predicted octanol–water partition coefficient (Wildman–Crippen LogP) is 1.85. The number of rotatable bonds is 5. The highest BCUT2D eigenvalue weighted by Crippen LogP contribution is 2.16. The minimum atomic E-state index is -0.457. The summed E-state index contributed by atoms with van der Waals surface area (Å²) in [6.07, 6.45) is 1.57. The summed E-state index contributed by atoms with van der Waals surface area (Å²) >= 11 is 0. The molecule has 0 N–H and O–H groups in total. The molecule has 0 amide bonds. The number of methoxy groups -OCH3 is 1. The van der Waals surface area contributed by atoms with Crippen molar-refractivity contribution in [3.63, 3.8) is 0 Å². The number of hydrogen-bond acceptors (Lipinski definition) is 5. The van der Waals surface area contributed by atoms with E-state index >= 15 is 0 Å². The van der Waals surface area contributed by atoms with E-state index in [1.54, 1.807) is 12.3 Å². The summed E-state index contributed by atoms with van der Waals surface area (Å²) in [5, 5.41) is 8.84. The Labute approximate surface area is 107 Å². The van der Waals surface area contributed by atoms with Gasteiger partial charge in [-0.3, -0.25) is 0 Å². The SMILES string of the molecule is CCN(CC(C)C#N)c1ccnc(C(=O)OC)c1. The number of hydrogen-bond donors (Lipinski definition) is 0. The van der Waals surface area contributed by atoms with Gasteiger partial charge in [-0.05, 0) is 26.0 Å². The molecule has 0 saturated heterocycles. The normalized spacial score (nSPS) is 11.4. The van der Waals surface area contributed by atoms with E-state index in [2.05, 4.69) is 15.8 Å². The number of nitriles is 1. The van der Waals surface area contributed by atoms with Crippen LogP contribution in [0.4, 0.5) is 5.69 Å². The Kier molecular flexibility index (Phi) is 5.12. The molecule has 1 aromatic rings. The van der Waals surface area contributed by atoms with Crippen LogP contribution in [0.25, 0.3) is 0 Å². The molecule has 0 fully saturated rings. The van der Waals surface area contributed by atoms with E-state index in [0.717, 1.165) is 12.2 Å². The number of nitrogens with zero attached hydrogens (tertiary/aromatic N) is 3. The molecular formula is C13H17N3O2. The molecule has 5 nitrogen and oxygen atoms in total. The number of aromatic nitrogens is 1. The number of anilines is 1. The van der Waals surface area contributed by atoms with Crippen molar-refractivity contribution in [3.05, 3.63) is 24.0 Å². The Hall–Kier alpha value is -2.09. The maximum absolute atomic E-state index is 11.4. The lowest BCUT2D eigenvalue weighted by Gasteiger charge is -2.24. The van der Waals surface area contributed by atoms with Crippen molar-refractivity contribution in [2.75, 3.05) is 25.1 Å². The molecule has 1 atom stereocenters. The zero-order valence-electron chi connectivity index (χ0n) is 10.9. The number of carbonyl (C=O) groups is 1. The van der Waals surface area contributed by atoms with Crippen LogP contribution in [0.1, 0.15) is 24.3 Å². The zero-order chi connectivity index (χ0) is 13.5. The largest absolute Gasteiger partial charge is 0.464 e. The Balaban J connectivity index is 2.93. The van der Waals surface area contributed by atoms with Crippen LogP contribution in [0.3, 0.4) is 0 Å². The van der Waals surface area contributed by atoms with Crippen LogP contribution in [-0.2, 0) is 4.74 Å². The number of esters is 1. The van der Waals surface area contributed by atoms with Crippen LogP contribution in [-0.4, -0.2) is 31.2 Å². The highest BCUT2D eigenvalue weighted by Gasteiger charge is 2.12. The van der Waals surface area contributed by atoms with Gasteiger partial charge in [0, 0.05) is 25.0 Å². The fourth-order valence-corrected chi connectivity index (χ4v) is 1.62. The first kappa shape index (κ1) is 14.0. The standard InChI is InChI=1S/C13H17N3O2/c1-4-16(9-10(2)8-14)11-5-6-15-12(7-11)13(17)18-3/h5-7,10H,4,9H2,1-3H3. The van der Waals surface area contributed by atoms with E-state index in [-0.39, 0.29) is 11.6 Å². The summed E-state index contributed by atoms with van der Waals surface area (Å²) in [5.41, 5.74) is 1.15. The van der Waals surface area contributed by atoms with E-state index in [1.807, 2.05) is 24.8 Å². The van der Waals surface area contributed by atoms with Crippen molar-refractivity contribution < 1.29 is 9.53 Å². The Morgan fingerprint density at radius 3 is 2.94 bits per heavy atom. The van der Waals surface area contributed by atoms with E-state index in [0.29, 0.717) is 6.54 Å². The number of carbonyl (C=O) groups excluding carboxylic acids is 1. The lowest BCUT2D eigenvalue weighted by Crippen LogP contribution is -2.28. The summed E-state index contributed by atoms with van der Waals surface area (Å²) in [6, 6.07) is 5.70. The highest BCUT2D eigenvalue weighted by atomic mass is 16.5. The molecule has 0 aliphatic rings. The third-order valence-corrected chi connectivity index (χ3v) is 2.60. The molecule has 0 aromatic carbocycles. The van der Waals surface area contributed by atoms with E-state index in [4.69, 9.17) is 5.26 Å². The van der Waals surface area contributed by atoms with Crippen LogP contribution >= 0.6 is 0 Å². The van der Waals surface area contributed by atoms with Crippen molar-refractivity contribution in [1.29, 1.82) is 5.26 Å². The van der Waals surface area contributed by atoms with Crippen LogP contribution in [0.5, 0.6) is 0 Å². The number of pyridine rings is 1. The fourth-order valence-electron chi connectivity index (χ4n) is 1.62. The van der Waals surface area contributed by atoms with Crippen LogP contribution in [0, 0.1) is 17.2 Å². The van der Waals surface area contributed by atoms with Gasteiger partial charge in [0.1, 0.15) is 5.69 Å². The first-order valence-corrected chi connectivity index (χ1v) is 5.81.